The second-order valence-corrected chi connectivity index (χ2v) is 11.0. The molecule has 5 aromatic rings. The second kappa shape index (κ2) is 10.4. The average molecular weight is 523 g/mol. The fraction of sp³-hybridized carbons (Fsp3) is 0.333. The van der Waals surface area contributed by atoms with Crippen molar-refractivity contribution in [3.05, 3.63) is 72.4 Å². The molecule has 0 radical (unpaired) electrons. The van der Waals surface area contributed by atoms with Crippen LogP contribution < -0.4 is 10.6 Å². The molecule has 4 heterocycles. The van der Waals surface area contributed by atoms with Crippen LogP contribution in [0, 0.1) is 5.92 Å². The average Bonchev–Trinajstić information content (AvgIpc) is 3.39. The number of benzene rings is 1. The van der Waals surface area contributed by atoms with Gasteiger partial charge in [-0.25, -0.2) is 19.6 Å². The fourth-order valence-electron chi connectivity index (χ4n) is 4.81. The molecule has 0 aliphatic carbocycles. The lowest BCUT2D eigenvalue weighted by Crippen LogP contribution is -2.23. The van der Waals surface area contributed by atoms with E-state index in [0.717, 1.165) is 44.6 Å². The summed E-state index contributed by atoms with van der Waals surface area (Å²) in [6.07, 6.45) is 6.96. The molecule has 9 heteroatoms. The summed E-state index contributed by atoms with van der Waals surface area (Å²) in [6, 6.07) is 11.8. The molecule has 39 heavy (non-hydrogen) atoms. The number of pyridine rings is 2. The Morgan fingerprint density at radius 3 is 2.62 bits per heavy atom. The van der Waals surface area contributed by atoms with Gasteiger partial charge >= 0.3 is 0 Å². The van der Waals surface area contributed by atoms with E-state index in [2.05, 4.69) is 82.4 Å². The summed E-state index contributed by atoms with van der Waals surface area (Å²) in [5.74, 6) is 1.10. The molecule has 1 aromatic carbocycles. The van der Waals surface area contributed by atoms with Crippen molar-refractivity contribution in [1.82, 2.24) is 35.0 Å². The van der Waals surface area contributed by atoms with E-state index in [0.29, 0.717) is 12.1 Å². The highest BCUT2D eigenvalue weighted by Crippen LogP contribution is 2.31. The molecule has 4 aromatic heterocycles. The van der Waals surface area contributed by atoms with Crippen LogP contribution in [0.1, 0.15) is 56.5 Å². The van der Waals surface area contributed by atoms with Gasteiger partial charge in [0, 0.05) is 48.4 Å². The Labute approximate surface area is 228 Å². The molecule has 0 saturated carbocycles. The number of fused-ring (bicyclic) bond motifs is 2. The van der Waals surface area contributed by atoms with Gasteiger partial charge in [0.2, 0.25) is 0 Å². The van der Waals surface area contributed by atoms with Crippen molar-refractivity contribution in [2.75, 3.05) is 18.9 Å². The normalized spacial score (nSPS) is 13.4. The maximum Gasteiger partial charge on any atom is 0.251 e. The lowest BCUT2D eigenvalue weighted by atomic mass is 9.87. The van der Waals surface area contributed by atoms with Crippen LogP contribution in [0.4, 0.5) is 5.82 Å². The Hall–Kier alpha value is -4.40. The van der Waals surface area contributed by atoms with Crippen molar-refractivity contribution in [3.63, 3.8) is 0 Å². The lowest BCUT2D eigenvalue weighted by molar-refractivity contribution is 0.0964. The van der Waals surface area contributed by atoms with Crippen molar-refractivity contribution in [1.29, 1.82) is 0 Å². The van der Waals surface area contributed by atoms with Crippen molar-refractivity contribution >= 4 is 33.7 Å². The van der Waals surface area contributed by atoms with E-state index in [9.17, 15) is 4.79 Å². The van der Waals surface area contributed by atoms with Gasteiger partial charge in [-0.1, -0.05) is 32.0 Å². The summed E-state index contributed by atoms with van der Waals surface area (Å²) in [6.45, 7) is 11.4. The van der Waals surface area contributed by atoms with E-state index in [1.807, 2.05) is 35.3 Å². The first-order chi connectivity index (χ1) is 18.7. The van der Waals surface area contributed by atoms with Crippen LogP contribution in [0.3, 0.4) is 0 Å². The molecule has 0 aliphatic heterocycles. The Morgan fingerprint density at radius 1 is 1.03 bits per heavy atom. The van der Waals surface area contributed by atoms with Crippen LogP contribution in [-0.4, -0.2) is 49.2 Å². The molecule has 0 saturated heterocycles. The van der Waals surface area contributed by atoms with Crippen molar-refractivity contribution in [2.24, 2.45) is 5.92 Å². The molecule has 0 bridgehead atoms. The molecule has 200 valence electrons. The van der Waals surface area contributed by atoms with Crippen LogP contribution in [0.2, 0.25) is 0 Å². The second-order valence-electron chi connectivity index (χ2n) is 11.0. The standard InChI is InChI=1S/C30H34N8O/c1-18(19(2)22-8-7-9-23-24(29(39)31-6)10-11-32-27(22)23)14-33-26-13-25(35-17-36-26)20-12-21-16-37-38(30(3,4)5)28(21)34-15-20/h7-13,15-19H,14H2,1-6H3,(H,31,39)(H,33,35,36)/t18-,19?/m1/s1. The monoisotopic (exact) mass is 522 g/mol. The van der Waals surface area contributed by atoms with E-state index >= 15 is 0 Å². The Kier molecular flexibility index (Phi) is 6.99. The number of nitrogens with one attached hydrogen (secondary N) is 2. The quantitative estimate of drug-likeness (QED) is 0.294. The van der Waals surface area contributed by atoms with Gasteiger partial charge in [0.25, 0.3) is 5.91 Å². The number of carbonyl (C=O) groups is 1. The molecule has 1 amide bonds. The smallest absolute Gasteiger partial charge is 0.251 e. The topological polar surface area (TPSA) is 111 Å². The van der Waals surface area contributed by atoms with Crippen molar-refractivity contribution in [3.8, 4) is 11.3 Å². The molecule has 2 N–H and O–H groups in total. The highest BCUT2D eigenvalue weighted by atomic mass is 16.1. The minimum Gasteiger partial charge on any atom is -0.370 e. The molecule has 2 atom stereocenters. The number of anilines is 1. The zero-order valence-electron chi connectivity index (χ0n) is 23.2. The molecular weight excluding hydrogens is 488 g/mol. The third-order valence-electron chi connectivity index (χ3n) is 7.23. The van der Waals surface area contributed by atoms with E-state index in [1.54, 1.807) is 25.6 Å². The zero-order chi connectivity index (χ0) is 27.7. The highest BCUT2D eigenvalue weighted by Gasteiger charge is 2.20. The number of hydrogen-bond acceptors (Lipinski definition) is 7. The lowest BCUT2D eigenvalue weighted by Gasteiger charge is -2.22. The first-order valence-electron chi connectivity index (χ1n) is 13.2. The summed E-state index contributed by atoms with van der Waals surface area (Å²) in [5, 5.41) is 12.6. The van der Waals surface area contributed by atoms with Gasteiger partial charge < -0.3 is 10.6 Å². The van der Waals surface area contributed by atoms with Gasteiger partial charge in [-0.15, -0.1) is 0 Å². The third kappa shape index (κ3) is 5.16. The van der Waals surface area contributed by atoms with Crippen LogP contribution in [0.15, 0.2) is 61.3 Å². The minimum absolute atomic E-state index is 0.112. The van der Waals surface area contributed by atoms with Crippen LogP contribution in [0.5, 0.6) is 0 Å². The summed E-state index contributed by atoms with van der Waals surface area (Å²) in [5.41, 5.74) is 5.03. The number of para-hydroxylation sites is 1. The molecule has 5 rings (SSSR count). The minimum atomic E-state index is -0.148. The number of amides is 1. The first-order valence-corrected chi connectivity index (χ1v) is 13.2. The van der Waals surface area contributed by atoms with E-state index in [-0.39, 0.29) is 23.3 Å². The Bertz CT molecular complexity index is 1650. The summed E-state index contributed by atoms with van der Waals surface area (Å²) < 4.78 is 1.94. The Morgan fingerprint density at radius 2 is 1.85 bits per heavy atom. The van der Waals surface area contributed by atoms with Gasteiger partial charge in [0.15, 0.2) is 5.65 Å². The highest BCUT2D eigenvalue weighted by molar-refractivity contribution is 6.06. The number of rotatable bonds is 7. The summed E-state index contributed by atoms with van der Waals surface area (Å²) in [7, 11) is 1.64. The molecule has 0 spiro atoms. The molecular formula is C30H34N8O. The first kappa shape index (κ1) is 26.2. The molecule has 9 nitrogen and oxygen atoms in total. The maximum absolute atomic E-state index is 12.4. The summed E-state index contributed by atoms with van der Waals surface area (Å²) >= 11 is 0. The van der Waals surface area contributed by atoms with E-state index in [4.69, 9.17) is 0 Å². The number of aromatic nitrogens is 6. The Balaban J connectivity index is 1.33. The zero-order valence-corrected chi connectivity index (χ0v) is 23.2. The van der Waals surface area contributed by atoms with E-state index < -0.39 is 0 Å². The number of hydrogen-bond donors (Lipinski definition) is 2. The maximum atomic E-state index is 12.4. The van der Waals surface area contributed by atoms with Gasteiger partial charge in [-0.2, -0.15) is 5.10 Å². The fourth-order valence-corrected chi connectivity index (χ4v) is 4.81. The van der Waals surface area contributed by atoms with Crippen LogP contribution in [0.25, 0.3) is 33.2 Å². The largest absolute Gasteiger partial charge is 0.370 e. The van der Waals surface area contributed by atoms with Gasteiger partial charge in [-0.05, 0) is 50.3 Å². The SMILES string of the molecule is CNC(=O)c1ccnc2c(C(C)[C@H](C)CNc3cc(-c4cnc5c(cnn5C(C)(C)C)c4)ncn3)cccc12. The van der Waals surface area contributed by atoms with Crippen LogP contribution >= 0.6 is 0 Å². The predicted octanol–water partition coefficient (Wildman–Crippen LogP) is 5.40. The van der Waals surface area contributed by atoms with E-state index in [1.165, 1.54) is 0 Å². The van der Waals surface area contributed by atoms with Crippen LogP contribution in [-0.2, 0) is 5.54 Å². The van der Waals surface area contributed by atoms with Crippen molar-refractivity contribution in [2.45, 2.75) is 46.1 Å². The molecule has 1 unspecified atom stereocenters. The van der Waals surface area contributed by atoms with Gasteiger partial charge in [0.05, 0.1) is 28.5 Å². The van der Waals surface area contributed by atoms with Gasteiger partial charge in [-0.3, -0.25) is 9.78 Å². The van der Waals surface area contributed by atoms with Crippen molar-refractivity contribution < 1.29 is 4.79 Å². The molecule has 0 aliphatic rings. The third-order valence-corrected chi connectivity index (χ3v) is 7.23. The van der Waals surface area contributed by atoms with Gasteiger partial charge in [0.1, 0.15) is 12.1 Å². The molecule has 0 fully saturated rings. The number of carbonyl (C=O) groups excluding carboxylic acids is 1. The summed E-state index contributed by atoms with van der Waals surface area (Å²) in [4.78, 5) is 30.6. The predicted molar refractivity (Wildman–Crippen MR) is 155 cm³/mol. The number of nitrogens with zero attached hydrogens (tertiary/aromatic N) is 6.